The normalized spacial score (nSPS) is 15.4. The number of aliphatic hydroxyl groups excluding tert-OH is 1. The molecule has 1 aromatic heterocycles. The predicted octanol–water partition coefficient (Wildman–Crippen LogP) is 4.04. The topological polar surface area (TPSA) is 62.2 Å². The molecule has 1 fully saturated rings. The average molecular weight is 367 g/mol. The van der Waals surface area contributed by atoms with Gasteiger partial charge >= 0.3 is 0 Å². The first kappa shape index (κ1) is 19.6. The number of nitrogens with one attached hydrogen (secondary N) is 1. The molecule has 1 unspecified atom stereocenters. The van der Waals surface area contributed by atoms with Crippen molar-refractivity contribution in [2.75, 3.05) is 6.54 Å². The molecule has 0 aliphatic heterocycles. The number of amides is 1. The largest absolute Gasteiger partial charge is 0.387 e. The fourth-order valence-electron chi connectivity index (χ4n) is 3.14. The second-order valence-corrected chi connectivity index (χ2v) is 8.57. The van der Waals surface area contributed by atoms with Gasteiger partial charge in [-0.2, -0.15) is 0 Å². The third kappa shape index (κ3) is 5.64. The second kappa shape index (κ2) is 8.22. The highest BCUT2D eigenvalue weighted by atomic mass is 16.3. The number of benzene rings is 1. The van der Waals surface area contributed by atoms with Crippen LogP contribution >= 0.6 is 0 Å². The zero-order valence-corrected chi connectivity index (χ0v) is 16.5. The summed E-state index contributed by atoms with van der Waals surface area (Å²) in [5.41, 5.74) is 4.30. The molecule has 0 saturated heterocycles. The zero-order chi connectivity index (χ0) is 19.4. The van der Waals surface area contributed by atoms with Crippen LogP contribution in [0, 0.1) is 0 Å². The van der Waals surface area contributed by atoms with E-state index in [0.717, 1.165) is 5.56 Å². The van der Waals surface area contributed by atoms with Crippen LogP contribution in [0.2, 0.25) is 0 Å². The van der Waals surface area contributed by atoms with Crippen LogP contribution in [0.3, 0.4) is 0 Å². The Kier molecular flexibility index (Phi) is 5.95. The third-order valence-electron chi connectivity index (χ3n) is 5.12. The molecule has 0 bridgehead atoms. The summed E-state index contributed by atoms with van der Waals surface area (Å²) < 4.78 is 0. The number of hydrogen-bond acceptors (Lipinski definition) is 3. The van der Waals surface area contributed by atoms with Crippen LogP contribution in [-0.2, 0) is 16.6 Å². The Morgan fingerprint density at radius 3 is 2.44 bits per heavy atom. The molecule has 4 heteroatoms. The number of aliphatic hydroxyl groups is 1. The smallest absolute Gasteiger partial charge is 0.224 e. The van der Waals surface area contributed by atoms with Crippen molar-refractivity contribution in [2.24, 2.45) is 0 Å². The second-order valence-electron chi connectivity index (χ2n) is 8.57. The molecule has 3 rings (SSSR count). The predicted molar refractivity (Wildman–Crippen MR) is 108 cm³/mol. The van der Waals surface area contributed by atoms with Crippen LogP contribution in [0.4, 0.5) is 0 Å². The Morgan fingerprint density at radius 1 is 1.19 bits per heavy atom. The molecule has 2 aromatic rings. The van der Waals surface area contributed by atoms with Crippen LogP contribution in [0.5, 0.6) is 0 Å². The number of pyridine rings is 1. The minimum absolute atomic E-state index is 0.0252. The number of hydrogen-bond donors (Lipinski definition) is 2. The minimum Gasteiger partial charge on any atom is -0.387 e. The van der Waals surface area contributed by atoms with E-state index >= 15 is 0 Å². The van der Waals surface area contributed by atoms with Crippen molar-refractivity contribution in [1.82, 2.24) is 10.3 Å². The molecule has 144 valence electrons. The number of aromatic nitrogens is 1. The Bertz CT molecular complexity index is 756. The van der Waals surface area contributed by atoms with Crippen LogP contribution in [0.25, 0.3) is 0 Å². The molecule has 2 N–H and O–H groups in total. The molecule has 1 atom stereocenters. The summed E-state index contributed by atoms with van der Waals surface area (Å²) >= 11 is 0. The number of rotatable bonds is 7. The molecule has 1 amide bonds. The van der Waals surface area contributed by atoms with Crippen molar-refractivity contribution in [2.45, 2.75) is 63.9 Å². The Labute approximate surface area is 162 Å². The Balaban J connectivity index is 1.42. The van der Waals surface area contributed by atoms with Gasteiger partial charge in [0.2, 0.25) is 5.91 Å². The van der Waals surface area contributed by atoms with E-state index in [9.17, 15) is 9.90 Å². The van der Waals surface area contributed by atoms with Gasteiger partial charge < -0.3 is 10.4 Å². The van der Waals surface area contributed by atoms with Crippen molar-refractivity contribution in [1.29, 1.82) is 0 Å². The molecule has 1 heterocycles. The average Bonchev–Trinajstić information content (AvgIpc) is 3.46. The van der Waals surface area contributed by atoms with E-state index in [4.69, 9.17) is 0 Å². The Morgan fingerprint density at radius 2 is 1.89 bits per heavy atom. The standard InChI is InChI=1S/C23H30N2O2/c1-23(2,3)19-9-4-16(5-10-19)14-22(27)24-13-12-21(26)20-11-8-18(15-25-20)17-6-7-17/h4-5,8-11,15,17,21,26H,6-7,12-14H2,1-3H3,(H,24,27). The quantitative estimate of drug-likeness (QED) is 0.777. The van der Waals surface area contributed by atoms with Crippen LogP contribution in [0.1, 0.15) is 74.4 Å². The maximum atomic E-state index is 12.1. The van der Waals surface area contributed by atoms with Crippen molar-refractivity contribution >= 4 is 5.91 Å². The van der Waals surface area contributed by atoms with E-state index in [-0.39, 0.29) is 11.3 Å². The first-order valence-electron chi connectivity index (χ1n) is 9.83. The SMILES string of the molecule is CC(C)(C)c1ccc(CC(=O)NCCC(O)c2ccc(C3CC3)cn2)cc1. The third-order valence-corrected chi connectivity index (χ3v) is 5.12. The Hall–Kier alpha value is -2.20. The molecule has 1 aliphatic rings. The van der Waals surface area contributed by atoms with Gasteiger partial charge in [0.05, 0.1) is 18.2 Å². The van der Waals surface area contributed by atoms with Crippen molar-refractivity contribution < 1.29 is 9.90 Å². The van der Waals surface area contributed by atoms with E-state index in [2.05, 4.69) is 49.3 Å². The van der Waals surface area contributed by atoms with Crippen LogP contribution in [0.15, 0.2) is 42.6 Å². The lowest BCUT2D eigenvalue weighted by molar-refractivity contribution is -0.120. The monoisotopic (exact) mass is 366 g/mol. The lowest BCUT2D eigenvalue weighted by Gasteiger charge is -2.19. The summed E-state index contributed by atoms with van der Waals surface area (Å²) in [6.07, 6.45) is 4.53. The number of nitrogens with zero attached hydrogens (tertiary/aromatic N) is 1. The summed E-state index contributed by atoms with van der Waals surface area (Å²) in [6.45, 7) is 6.96. The highest BCUT2D eigenvalue weighted by Gasteiger charge is 2.23. The van der Waals surface area contributed by atoms with Gasteiger partial charge in [0, 0.05) is 12.7 Å². The molecular weight excluding hydrogens is 336 g/mol. The van der Waals surface area contributed by atoms with Crippen LogP contribution < -0.4 is 5.32 Å². The molecule has 0 spiro atoms. The molecule has 27 heavy (non-hydrogen) atoms. The highest BCUT2D eigenvalue weighted by Crippen LogP contribution is 2.39. The lowest BCUT2D eigenvalue weighted by Crippen LogP contribution is -2.27. The van der Waals surface area contributed by atoms with E-state index < -0.39 is 6.10 Å². The van der Waals surface area contributed by atoms with Gasteiger partial charge in [-0.15, -0.1) is 0 Å². The van der Waals surface area contributed by atoms with Gasteiger partial charge in [0.1, 0.15) is 0 Å². The molecule has 1 aromatic carbocycles. The molecule has 1 aliphatic carbocycles. The van der Waals surface area contributed by atoms with Crippen molar-refractivity contribution in [3.8, 4) is 0 Å². The molecular formula is C23H30N2O2. The summed E-state index contributed by atoms with van der Waals surface area (Å²) in [7, 11) is 0. The number of carbonyl (C=O) groups is 1. The fraction of sp³-hybridized carbons (Fsp3) is 0.478. The van der Waals surface area contributed by atoms with Gasteiger partial charge in [-0.05, 0) is 53.4 Å². The van der Waals surface area contributed by atoms with E-state index in [1.54, 1.807) is 0 Å². The van der Waals surface area contributed by atoms with Gasteiger partial charge in [0.25, 0.3) is 0 Å². The first-order valence-corrected chi connectivity index (χ1v) is 9.83. The summed E-state index contributed by atoms with van der Waals surface area (Å²) in [5, 5.41) is 13.2. The lowest BCUT2D eigenvalue weighted by atomic mass is 9.86. The molecule has 1 saturated carbocycles. The molecule has 4 nitrogen and oxygen atoms in total. The minimum atomic E-state index is -0.648. The van der Waals surface area contributed by atoms with Gasteiger partial charge in [0.15, 0.2) is 0 Å². The summed E-state index contributed by atoms with van der Waals surface area (Å²) in [5.74, 6) is 0.642. The van der Waals surface area contributed by atoms with Crippen molar-refractivity contribution in [3.63, 3.8) is 0 Å². The van der Waals surface area contributed by atoms with Gasteiger partial charge in [-0.3, -0.25) is 9.78 Å². The van der Waals surface area contributed by atoms with Gasteiger partial charge in [-0.1, -0.05) is 51.1 Å². The van der Waals surface area contributed by atoms with E-state index in [1.807, 2.05) is 24.4 Å². The summed E-state index contributed by atoms with van der Waals surface area (Å²) in [6, 6.07) is 12.2. The van der Waals surface area contributed by atoms with E-state index in [1.165, 1.54) is 24.0 Å². The first-order chi connectivity index (χ1) is 12.8. The maximum absolute atomic E-state index is 12.1. The maximum Gasteiger partial charge on any atom is 0.224 e. The van der Waals surface area contributed by atoms with E-state index in [0.29, 0.717) is 31.0 Å². The molecule has 0 radical (unpaired) electrons. The number of carbonyl (C=O) groups excluding carboxylic acids is 1. The van der Waals surface area contributed by atoms with Crippen LogP contribution in [-0.4, -0.2) is 22.5 Å². The highest BCUT2D eigenvalue weighted by molar-refractivity contribution is 5.78. The fourth-order valence-corrected chi connectivity index (χ4v) is 3.14. The summed E-state index contributed by atoms with van der Waals surface area (Å²) in [4.78, 5) is 16.5. The van der Waals surface area contributed by atoms with Crippen molar-refractivity contribution in [3.05, 3.63) is 65.0 Å². The van der Waals surface area contributed by atoms with Gasteiger partial charge in [-0.25, -0.2) is 0 Å². The zero-order valence-electron chi connectivity index (χ0n) is 16.5.